The average Bonchev–Trinajstić information content (AvgIpc) is 3.18. The van der Waals surface area contributed by atoms with Crippen molar-refractivity contribution >= 4 is 34.2 Å². The first-order valence-electron chi connectivity index (χ1n) is 12.3. The van der Waals surface area contributed by atoms with E-state index in [9.17, 15) is 4.79 Å². The standard InChI is InChI=1S/C25H40N4OS/c1-3-5-6-7-8-9-10-11-12-13-14-15-16-17-18-19-24(30)31-23-21-26-25-22(28-23)20-27-29(25)4-2/h4,20-21H,2-3,5-19H2,1H3. The fourth-order valence-electron chi connectivity index (χ4n) is 3.81. The smallest absolute Gasteiger partial charge is 0.195 e. The Morgan fingerprint density at radius 3 is 2.00 bits per heavy atom. The summed E-state index contributed by atoms with van der Waals surface area (Å²) in [5.41, 5.74) is 1.35. The molecule has 31 heavy (non-hydrogen) atoms. The Balaban J connectivity index is 1.42. The molecule has 0 fully saturated rings. The second-order valence-corrected chi connectivity index (χ2v) is 9.44. The van der Waals surface area contributed by atoms with E-state index in [1.165, 1.54) is 95.2 Å². The topological polar surface area (TPSA) is 60.7 Å². The monoisotopic (exact) mass is 444 g/mol. The molecule has 2 heterocycles. The van der Waals surface area contributed by atoms with Gasteiger partial charge < -0.3 is 0 Å². The molecule has 0 amide bonds. The van der Waals surface area contributed by atoms with Gasteiger partial charge in [0.2, 0.25) is 0 Å². The number of unbranched alkanes of at least 4 members (excludes halogenated alkanes) is 14. The molecule has 2 aromatic heterocycles. The molecule has 0 saturated heterocycles. The van der Waals surface area contributed by atoms with Crippen molar-refractivity contribution in [1.82, 2.24) is 19.7 Å². The predicted molar refractivity (Wildman–Crippen MR) is 132 cm³/mol. The maximum atomic E-state index is 12.2. The average molecular weight is 445 g/mol. The molecule has 172 valence electrons. The Morgan fingerprint density at radius 2 is 1.45 bits per heavy atom. The molecule has 5 nitrogen and oxygen atoms in total. The largest absolute Gasteiger partial charge is 0.287 e. The van der Waals surface area contributed by atoms with E-state index >= 15 is 0 Å². The van der Waals surface area contributed by atoms with E-state index in [2.05, 4.69) is 28.6 Å². The third-order valence-corrected chi connectivity index (χ3v) is 6.49. The number of hydrogen-bond donors (Lipinski definition) is 0. The van der Waals surface area contributed by atoms with Gasteiger partial charge in [-0.05, 0) is 18.2 Å². The third-order valence-electron chi connectivity index (χ3n) is 5.65. The van der Waals surface area contributed by atoms with Crippen molar-refractivity contribution in [1.29, 1.82) is 0 Å². The SMILES string of the molecule is C=Cn1ncc2nc(SC(=O)CCCCCCCCCCCCCCCCC)cnc21. The Kier molecular flexibility index (Phi) is 13.2. The molecule has 0 aliphatic heterocycles. The van der Waals surface area contributed by atoms with Gasteiger partial charge in [-0.15, -0.1) is 0 Å². The van der Waals surface area contributed by atoms with E-state index in [4.69, 9.17) is 0 Å². The van der Waals surface area contributed by atoms with Crippen LogP contribution >= 0.6 is 11.8 Å². The van der Waals surface area contributed by atoms with E-state index < -0.39 is 0 Å². The Bertz CT molecular complexity index is 774. The minimum atomic E-state index is 0.166. The predicted octanol–water partition coefficient (Wildman–Crippen LogP) is 7.81. The molecule has 0 N–H and O–H groups in total. The molecule has 0 saturated carbocycles. The Morgan fingerprint density at radius 1 is 0.903 bits per heavy atom. The van der Waals surface area contributed by atoms with Gasteiger partial charge in [-0.3, -0.25) is 4.79 Å². The van der Waals surface area contributed by atoms with Crippen molar-refractivity contribution in [2.45, 2.75) is 115 Å². The van der Waals surface area contributed by atoms with Crippen LogP contribution in [0.25, 0.3) is 17.4 Å². The number of carbonyl (C=O) groups is 1. The van der Waals surface area contributed by atoms with Crippen molar-refractivity contribution in [2.24, 2.45) is 0 Å². The second-order valence-electron chi connectivity index (χ2n) is 8.36. The number of rotatable bonds is 18. The summed E-state index contributed by atoms with van der Waals surface area (Å²) in [7, 11) is 0. The molecule has 6 heteroatoms. The van der Waals surface area contributed by atoms with Gasteiger partial charge in [0.15, 0.2) is 10.8 Å². The van der Waals surface area contributed by atoms with Gasteiger partial charge in [0, 0.05) is 12.6 Å². The molecule has 0 aliphatic rings. The van der Waals surface area contributed by atoms with Crippen LogP contribution in [0.5, 0.6) is 0 Å². The van der Waals surface area contributed by atoms with Crippen molar-refractivity contribution in [3.05, 3.63) is 19.0 Å². The van der Waals surface area contributed by atoms with Crippen LogP contribution < -0.4 is 0 Å². The van der Waals surface area contributed by atoms with E-state index in [1.807, 2.05) is 0 Å². The van der Waals surface area contributed by atoms with Crippen LogP contribution in [0.2, 0.25) is 0 Å². The van der Waals surface area contributed by atoms with Crippen LogP contribution in [-0.2, 0) is 4.79 Å². The van der Waals surface area contributed by atoms with Crippen LogP contribution in [0.3, 0.4) is 0 Å². The van der Waals surface area contributed by atoms with Gasteiger partial charge in [-0.1, -0.05) is 103 Å². The number of aromatic nitrogens is 4. The number of thioether (sulfide) groups is 1. The normalized spacial score (nSPS) is 11.3. The summed E-state index contributed by atoms with van der Waals surface area (Å²) in [6, 6.07) is 0. The van der Waals surface area contributed by atoms with Crippen molar-refractivity contribution in [2.75, 3.05) is 0 Å². The van der Waals surface area contributed by atoms with Gasteiger partial charge in [-0.25, -0.2) is 14.6 Å². The highest BCUT2D eigenvalue weighted by atomic mass is 32.2. The van der Waals surface area contributed by atoms with Gasteiger partial charge in [0.05, 0.1) is 12.4 Å². The maximum Gasteiger partial charge on any atom is 0.195 e. The number of hydrogen-bond acceptors (Lipinski definition) is 5. The lowest BCUT2D eigenvalue weighted by atomic mass is 10.0. The highest BCUT2D eigenvalue weighted by Gasteiger charge is 2.09. The first kappa shape index (κ1) is 25.6. The Labute approximate surface area is 192 Å². The van der Waals surface area contributed by atoms with Gasteiger partial charge in [-0.2, -0.15) is 5.10 Å². The second kappa shape index (κ2) is 16.0. The molecule has 0 spiro atoms. The van der Waals surface area contributed by atoms with Crippen molar-refractivity contribution in [3.8, 4) is 0 Å². The van der Waals surface area contributed by atoms with Crippen LogP contribution in [0.15, 0.2) is 24.0 Å². The van der Waals surface area contributed by atoms with E-state index in [-0.39, 0.29) is 5.12 Å². The lowest BCUT2D eigenvalue weighted by Crippen LogP contribution is -1.95. The molecule has 0 aliphatic carbocycles. The summed E-state index contributed by atoms with van der Waals surface area (Å²) in [5, 5.41) is 4.94. The summed E-state index contributed by atoms with van der Waals surface area (Å²) < 4.78 is 1.58. The fourth-order valence-corrected chi connectivity index (χ4v) is 4.53. The summed E-state index contributed by atoms with van der Waals surface area (Å²) in [5.74, 6) is 0. The zero-order valence-electron chi connectivity index (χ0n) is 19.4. The van der Waals surface area contributed by atoms with Crippen LogP contribution in [-0.4, -0.2) is 24.9 Å². The molecule has 2 rings (SSSR count). The van der Waals surface area contributed by atoms with Crippen LogP contribution in [0.4, 0.5) is 0 Å². The zero-order valence-corrected chi connectivity index (χ0v) is 20.2. The van der Waals surface area contributed by atoms with E-state index in [1.54, 1.807) is 23.3 Å². The summed E-state index contributed by atoms with van der Waals surface area (Å²) in [6.45, 7) is 5.96. The van der Waals surface area contributed by atoms with Gasteiger partial charge >= 0.3 is 0 Å². The number of fused-ring (bicyclic) bond motifs is 1. The summed E-state index contributed by atoms with van der Waals surface area (Å²) >= 11 is 1.19. The number of nitrogens with zero attached hydrogens (tertiary/aromatic N) is 4. The number of carbonyl (C=O) groups excluding carboxylic acids is 1. The molecular weight excluding hydrogens is 404 g/mol. The van der Waals surface area contributed by atoms with Gasteiger partial charge in [0.25, 0.3) is 0 Å². The quantitative estimate of drug-likeness (QED) is 0.173. The molecular formula is C25H40N4OS. The third kappa shape index (κ3) is 10.4. The highest BCUT2D eigenvalue weighted by molar-refractivity contribution is 8.13. The first-order valence-corrected chi connectivity index (χ1v) is 13.1. The van der Waals surface area contributed by atoms with Crippen molar-refractivity contribution in [3.63, 3.8) is 0 Å². The minimum Gasteiger partial charge on any atom is -0.287 e. The van der Waals surface area contributed by atoms with Crippen LogP contribution in [0.1, 0.15) is 110 Å². The van der Waals surface area contributed by atoms with Crippen LogP contribution in [0, 0.1) is 0 Å². The lowest BCUT2D eigenvalue weighted by molar-refractivity contribution is -0.111. The highest BCUT2D eigenvalue weighted by Crippen LogP contribution is 2.21. The maximum absolute atomic E-state index is 12.2. The minimum absolute atomic E-state index is 0.166. The molecule has 0 radical (unpaired) electrons. The molecule has 0 aromatic carbocycles. The van der Waals surface area contributed by atoms with E-state index in [0.29, 0.717) is 22.6 Å². The van der Waals surface area contributed by atoms with E-state index in [0.717, 1.165) is 12.8 Å². The van der Waals surface area contributed by atoms with Gasteiger partial charge in [0.1, 0.15) is 10.5 Å². The molecule has 0 atom stereocenters. The first-order chi connectivity index (χ1) is 15.2. The Hall–Kier alpha value is -1.69. The molecule has 0 unspecified atom stereocenters. The lowest BCUT2D eigenvalue weighted by Gasteiger charge is -2.03. The molecule has 2 aromatic rings. The molecule has 0 bridgehead atoms. The summed E-state index contributed by atoms with van der Waals surface area (Å²) in [4.78, 5) is 21.0. The fraction of sp³-hybridized carbons (Fsp3) is 0.680. The zero-order chi connectivity index (χ0) is 22.2. The summed E-state index contributed by atoms with van der Waals surface area (Å²) in [6.07, 6.45) is 25.5. The van der Waals surface area contributed by atoms with Crippen molar-refractivity contribution < 1.29 is 4.79 Å².